The van der Waals surface area contributed by atoms with Crippen molar-refractivity contribution in [1.29, 1.82) is 0 Å². The van der Waals surface area contributed by atoms with Crippen LogP contribution in [0.3, 0.4) is 0 Å². The van der Waals surface area contributed by atoms with Crippen molar-refractivity contribution >= 4 is 58.1 Å². The second-order valence-electron chi connectivity index (χ2n) is 10.1. The van der Waals surface area contributed by atoms with Crippen molar-refractivity contribution in [3.63, 3.8) is 0 Å². The van der Waals surface area contributed by atoms with E-state index in [0.29, 0.717) is 35.4 Å². The van der Waals surface area contributed by atoms with Crippen LogP contribution in [0.1, 0.15) is 50.0 Å². The molecule has 4 atom stereocenters. The molecule has 206 valence electrons. The molecule has 1 saturated heterocycles. The number of carbonyl (C=O) groups is 2. The van der Waals surface area contributed by atoms with E-state index in [1.54, 1.807) is 6.07 Å². The zero-order valence-electron chi connectivity index (χ0n) is 22.1. The van der Waals surface area contributed by atoms with Gasteiger partial charge in [0, 0.05) is 24.0 Å². The lowest BCUT2D eigenvalue weighted by Crippen LogP contribution is -2.58. The lowest BCUT2D eigenvalue weighted by atomic mass is 9.72. The molecule has 0 spiro atoms. The average Bonchev–Trinajstić information content (AvgIpc) is 2.84. The topological polar surface area (TPSA) is 88.7 Å². The minimum atomic E-state index is -0.866. The molecule has 2 aromatic carbocycles. The Morgan fingerprint density at radius 2 is 1.68 bits per heavy atom. The van der Waals surface area contributed by atoms with Crippen LogP contribution >= 0.6 is 39.1 Å². The quantitative estimate of drug-likeness (QED) is 0.267. The molecule has 0 aromatic heterocycles. The van der Waals surface area contributed by atoms with Crippen LogP contribution in [0.5, 0.6) is 0 Å². The highest BCUT2D eigenvalue weighted by Crippen LogP contribution is 2.29. The molecular formula is C27H35BBrCl2N3O4. The summed E-state index contributed by atoms with van der Waals surface area (Å²) in [5.74, 6) is -0.941. The van der Waals surface area contributed by atoms with Gasteiger partial charge in [-0.2, -0.15) is 0 Å². The Hall–Kier alpha value is -1.62. The normalized spacial score (nSPS) is 19.8. The van der Waals surface area contributed by atoms with Crippen molar-refractivity contribution in [2.75, 3.05) is 13.1 Å². The minimum absolute atomic E-state index is 0.0932. The second-order valence-corrected chi connectivity index (χ2v) is 11.8. The Bertz CT molecular complexity index is 1080. The highest BCUT2D eigenvalue weighted by Gasteiger charge is 2.37. The van der Waals surface area contributed by atoms with Crippen LogP contribution in [-0.4, -0.2) is 56.2 Å². The van der Waals surface area contributed by atoms with Crippen LogP contribution in [0, 0.1) is 5.92 Å². The molecule has 1 aliphatic heterocycles. The van der Waals surface area contributed by atoms with Gasteiger partial charge in [0.2, 0.25) is 5.91 Å². The van der Waals surface area contributed by atoms with Crippen molar-refractivity contribution in [1.82, 2.24) is 16.0 Å². The van der Waals surface area contributed by atoms with Crippen molar-refractivity contribution in [3.05, 3.63) is 68.1 Å². The van der Waals surface area contributed by atoms with Crippen LogP contribution < -0.4 is 16.0 Å². The molecule has 0 bridgehead atoms. The zero-order chi connectivity index (χ0) is 27.8. The molecule has 11 heteroatoms. The molecule has 0 radical (unpaired) electrons. The van der Waals surface area contributed by atoms with Gasteiger partial charge in [-0.05, 0) is 59.8 Å². The van der Waals surface area contributed by atoms with Crippen molar-refractivity contribution in [2.45, 2.75) is 64.7 Å². The maximum absolute atomic E-state index is 13.8. The fourth-order valence-electron chi connectivity index (χ4n) is 4.29. The number of amides is 2. The third kappa shape index (κ3) is 9.24. The summed E-state index contributed by atoms with van der Waals surface area (Å²) in [6.07, 6.45) is 0.752. The molecule has 38 heavy (non-hydrogen) atoms. The molecule has 3 N–H and O–H groups in total. The van der Waals surface area contributed by atoms with E-state index in [2.05, 4.69) is 45.7 Å². The van der Waals surface area contributed by atoms with E-state index in [-0.39, 0.29) is 34.6 Å². The van der Waals surface area contributed by atoms with Crippen molar-refractivity contribution in [2.24, 2.45) is 5.92 Å². The summed E-state index contributed by atoms with van der Waals surface area (Å²) in [7, 11) is -0.622. The summed E-state index contributed by atoms with van der Waals surface area (Å²) in [6, 6.07) is 11.7. The Labute approximate surface area is 244 Å². The summed E-state index contributed by atoms with van der Waals surface area (Å²) in [6.45, 7) is 9.49. The SMILES string of the molecule is CC(C)C[C@H](NC(=O)[C@H](Cc1ccccc1)NC(=O)c1cc(Br)c(Cl)cc1Cl)B1OC(C)CNCC(C)O1. The van der Waals surface area contributed by atoms with Gasteiger partial charge in [0.05, 0.1) is 33.8 Å². The molecule has 0 saturated carbocycles. The van der Waals surface area contributed by atoms with Crippen LogP contribution in [0.15, 0.2) is 46.9 Å². The zero-order valence-corrected chi connectivity index (χ0v) is 25.2. The molecule has 2 unspecified atom stereocenters. The second kappa shape index (κ2) is 14.7. The van der Waals surface area contributed by atoms with E-state index in [4.69, 9.17) is 32.5 Å². The maximum Gasteiger partial charge on any atom is 0.481 e. The third-order valence-corrected chi connectivity index (χ3v) is 7.65. The van der Waals surface area contributed by atoms with Crippen LogP contribution in [0.2, 0.25) is 10.0 Å². The van der Waals surface area contributed by atoms with Gasteiger partial charge in [-0.1, -0.05) is 67.4 Å². The standard InChI is InChI=1S/C27H35BBrCl2N3O4/c1-16(2)10-25(28-37-17(3)14-32-15-18(4)38-28)34-27(36)24(11-19-8-6-5-7-9-19)33-26(35)20-12-21(29)23(31)13-22(20)30/h5-9,12-13,16-18,24-25,32H,10-11,14-15H2,1-4H3,(H,33,35)(H,34,36)/t17?,18?,24-,25-/m0/s1. The van der Waals surface area contributed by atoms with Gasteiger partial charge in [0.15, 0.2) is 0 Å². The largest absolute Gasteiger partial charge is 0.481 e. The molecule has 1 fully saturated rings. The molecule has 1 heterocycles. The molecule has 0 aliphatic carbocycles. The highest BCUT2D eigenvalue weighted by atomic mass is 79.9. The molecule has 3 rings (SSSR count). The number of benzene rings is 2. The third-order valence-electron chi connectivity index (χ3n) is 6.14. The number of halogens is 3. The summed E-state index contributed by atoms with van der Waals surface area (Å²) in [5.41, 5.74) is 1.12. The first-order valence-corrected chi connectivity index (χ1v) is 14.4. The van der Waals surface area contributed by atoms with Crippen LogP contribution in [0.4, 0.5) is 0 Å². The van der Waals surface area contributed by atoms with Gasteiger partial charge in [0.25, 0.3) is 5.91 Å². The fourth-order valence-corrected chi connectivity index (χ4v) is 5.10. The highest BCUT2D eigenvalue weighted by molar-refractivity contribution is 9.10. The summed E-state index contributed by atoms with van der Waals surface area (Å²) < 4.78 is 12.9. The van der Waals surface area contributed by atoms with E-state index in [1.807, 2.05) is 44.2 Å². The van der Waals surface area contributed by atoms with Gasteiger partial charge in [-0.15, -0.1) is 0 Å². The number of hydrogen-bond acceptors (Lipinski definition) is 5. The van der Waals surface area contributed by atoms with Gasteiger partial charge in [-0.25, -0.2) is 0 Å². The monoisotopic (exact) mass is 625 g/mol. The summed E-state index contributed by atoms with van der Waals surface area (Å²) >= 11 is 15.8. The molecule has 7 nitrogen and oxygen atoms in total. The summed E-state index contributed by atoms with van der Waals surface area (Å²) in [4.78, 5) is 27.0. The maximum atomic E-state index is 13.8. The van der Waals surface area contributed by atoms with E-state index in [0.717, 1.165) is 5.56 Å². The molecule has 1 aliphatic rings. The smallest absolute Gasteiger partial charge is 0.406 e. The van der Waals surface area contributed by atoms with Gasteiger partial charge < -0.3 is 25.3 Å². The lowest BCUT2D eigenvalue weighted by molar-refractivity contribution is -0.123. The van der Waals surface area contributed by atoms with Gasteiger partial charge in [0.1, 0.15) is 6.04 Å². The lowest BCUT2D eigenvalue weighted by Gasteiger charge is -2.33. The van der Waals surface area contributed by atoms with E-state index in [9.17, 15) is 9.59 Å². The van der Waals surface area contributed by atoms with E-state index < -0.39 is 25.0 Å². The Balaban J connectivity index is 1.85. The van der Waals surface area contributed by atoms with E-state index >= 15 is 0 Å². The number of rotatable bonds is 9. The van der Waals surface area contributed by atoms with Gasteiger partial charge >= 0.3 is 7.12 Å². The first kappa shape index (κ1) is 30.9. The van der Waals surface area contributed by atoms with Crippen LogP contribution in [-0.2, 0) is 20.5 Å². The van der Waals surface area contributed by atoms with Gasteiger partial charge in [-0.3, -0.25) is 9.59 Å². The molecule has 2 amide bonds. The predicted octanol–water partition coefficient (Wildman–Crippen LogP) is 5.07. The first-order chi connectivity index (χ1) is 18.0. The summed E-state index contributed by atoms with van der Waals surface area (Å²) in [5, 5.41) is 9.91. The Morgan fingerprint density at radius 3 is 2.29 bits per heavy atom. The van der Waals surface area contributed by atoms with Crippen molar-refractivity contribution < 1.29 is 18.9 Å². The Kier molecular flexibility index (Phi) is 11.9. The fraction of sp³-hybridized carbons (Fsp3) is 0.481. The molecule has 2 aromatic rings. The number of nitrogens with one attached hydrogen (secondary N) is 3. The first-order valence-electron chi connectivity index (χ1n) is 12.8. The molecular weight excluding hydrogens is 592 g/mol. The van der Waals surface area contributed by atoms with E-state index in [1.165, 1.54) is 6.07 Å². The Morgan fingerprint density at radius 1 is 1.05 bits per heavy atom. The average molecular weight is 627 g/mol. The van der Waals surface area contributed by atoms with Crippen molar-refractivity contribution in [3.8, 4) is 0 Å². The van der Waals surface area contributed by atoms with Crippen LogP contribution in [0.25, 0.3) is 0 Å². The number of hydrogen-bond donors (Lipinski definition) is 3. The predicted molar refractivity (Wildman–Crippen MR) is 157 cm³/mol. The minimum Gasteiger partial charge on any atom is -0.406 e. The number of carbonyl (C=O) groups excluding carboxylic acids is 2.